The fourth-order valence-electron chi connectivity index (χ4n) is 1.86. The summed E-state index contributed by atoms with van der Waals surface area (Å²) in [5.41, 5.74) is 7.79. The fourth-order valence-corrected chi connectivity index (χ4v) is 1.86. The minimum absolute atomic E-state index is 0.315. The summed E-state index contributed by atoms with van der Waals surface area (Å²) in [4.78, 5) is 11.7. The maximum Gasteiger partial charge on any atom is 0.347 e. The van der Waals surface area contributed by atoms with Crippen LogP contribution in [0.15, 0.2) is 18.2 Å². The molecule has 4 heteroatoms. The van der Waals surface area contributed by atoms with E-state index < -0.39 is 6.10 Å². The lowest BCUT2D eigenvalue weighted by Crippen LogP contribution is -2.29. The highest BCUT2D eigenvalue weighted by Crippen LogP contribution is 2.22. The zero-order valence-corrected chi connectivity index (χ0v) is 11.9. The van der Waals surface area contributed by atoms with Gasteiger partial charge in [-0.2, -0.15) is 0 Å². The summed E-state index contributed by atoms with van der Waals surface area (Å²) in [5.74, 6) is 0.403. The first-order valence-corrected chi connectivity index (χ1v) is 6.75. The largest absolute Gasteiger partial charge is 0.478 e. The van der Waals surface area contributed by atoms with Crippen LogP contribution in [0, 0.1) is 6.92 Å². The van der Waals surface area contributed by atoms with Gasteiger partial charge in [0, 0.05) is 0 Å². The third-order valence-electron chi connectivity index (χ3n) is 2.82. The van der Waals surface area contributed by atoms with Crippen molar-refractivity contribution in [1.82, 2.24) is 0 Å². The number of nitrogens with two attached hydrogens (primary N) is 1. The summed E-state index contributed by atoms with van der Waals surface area (Å²) in [6.45, 7) is 6.62. The van der Waals surface area contributed by atoms with Gasteiger partial charge in [0.05, 0.1) is 6.61 Å². The Balaban J connectivity index is 2.86. The molecule has 0 radical (unpaired) electrons. The predicted octanol–water partition coefficient (Wildman–Crippen LogP) is 2.22. The number of aryl methyl sites for hydroxylation is 1. The van der Waals surface area contributed by atoms with Crippen LogP contribution in [-0.4, -0.2) is 25.2 Å². The Morgan fingerprint density at radius 1 is 1.37 bits per heavy atom. The molecule has 0 aliphatic rings. The number of carbonyl (C=O) groups excluding carboxylic acids is 1. The Morgan fingerprint density at radius 2 is 2.11 bits per heavy atom. The zero-order chi connectivity index (χ0) is 14.3. The van der Waals surface area contributed by atoms with Gasteiger partial charge in [-0.1, -0.05) is 24.6 Å². The Kier molecular flexibility index (Phi) is 6.36. The Hall–Kier alpha value is -1.55. The molecule has 1 rings (SSSR count). The summed E-state index contributed by atoms with van der Waals surface area (Å²) in [7, 11) is 0. The molecule has 2 N–H and O–H groups in total. The van der Waals surface area contributed by atoms with Gasteiger partial charge in [0.15, 0.2) is 6.10 Å². The van der Waals surface area contributed by atoms with Crippen LogP contribution in [0.1, 0.15) is 31.4 Å². The van der Waals surface area contributed by atoms with Gasteiger partial charge in [0.1, 0.15) is 5.75 Å². The topological polar surface area (TPSA) is 61.5 Å². The van der Waals surface area contributed by atoms with Crippen LogP contribution in [0.25, 0.3) is 0 Å². The number of benzene rings is 1. The van der Waals surface area contributed by atoms with Gasteiger partial charge in [0.25, 0.3) is 0 Å². The molecule has 0 fully saturated rings. The van der Waals surface area contributed by atoms with Crippen molar-refractivity contribution in [2.75, 3.05) is 13.2 Å². The van der Waals surface area contributed by atoms with E-state index in [0.29, 0.717) is 19.6 Å². The summed E-state index contributed by atoms with van der Waals surface area (Å²) >= 11 is 0. The SMILES string of the molecule is CCOC(=O)C(CC)Oc1ccc(C)cc1CCN. The van der Waals surface area contributed by atoms with Crippen molar-refractivity contribution < 1.29 is 14.3 Å². The van der Waals surface area contributed by atoms with Gasteiger partial charge in [-0.3, -0.25) is 0 Å². The summed E-state index contributed by atoms with van der Waals surface area (Å²) in [6, 6.07) is 5.90. The third kappa shape index (κ3) is 4.56. The predicted molar refractivity (Wildman–Crippen MR) is 75.3 cm³/mol. The maximum absolute atomic E-state index is 11.7. The molecule has 0 bridgehead atoms. The van der Waals surface area contributed by atoms with Gasteiger partial charge in [-0.25, -0.2) is 4.79 Å². The molecule has 19 heavy (non-hydrogen) atoms. The molecule has 106 valence electrons. The highest BCUT2D eigenvalue weighted by molar-refractivity contribution is 5.75. The molecule has 0 aliphatic carbocycles. The lowest BCUT2D eigenvalue weighted by Gasteiger charge is -2.18. The molecule has 1 atom stereocenters. The smallest absolute Gasteiger partial charge is 0.347 e. The zero-order valence-electron chi connectivity index (χ0n) is 11.9. The molecule has 0 amide bonds. The van der Waals surface area contributed by atoms with Crippen molar-refractivity contribution in [1.29, 1.82) is 0 Å². The first kappa shape index (κ1) is 15.5. The van der Waals surface area contributed by atoms with Crippen molar-refractivity contribution in [3.63, 3.8) is 0 Å². The van der Waals surface area contributed by atoms with Gasteiger partial charge in [-0.15, -0.1) is 0 Å². The van der Waals surface area contributed by atoms with E-state index in [-0.39, 0.29) is 5.97 Å². The minimum atomic E-state index is -0.556. The van der Waals surface area contributed by atoms with Gasteiger partial charge in [0.2, 0.25) is 0 Å². The molecule has 0 aromatic heterocycles. The highest BCUT2D eigenvalue weighted by atomic mass is 16.6. The second kappa shape index (κ2) is 7.79. The lowest BCUT2D eigenvalue weighted by atomic mass is 10.1. The van der Waals surface area contributed by atoms with Gasteiger partial charge >= 0.3 is 5.97 Å². The molecule has 1 unspecified atom stereocenters. The average molecular weight is 265 g/mol. The lowest BCUT2D eigenvalue weighted by molar-refractivity contribution is -0.151. The van der Waals surface area contributed by atoms with Crippen LogP contribution in [-0.2, 0) is 16.0 Å². The monoisotopic (exact) mass is 265 g/mol. The van der Waals surface area contributed by atoms with E-state index in [1.165, 1.54) is 0 Å². The normalized spacial score (nSPS) is 12.0. The Labute approximate surface area is 114 Å². The average Bonchev–Trinajstić information content (AvgIpc) is 2.38. The van der Waals surface area contributed by atoms with E-state index in [0.717, 1.165) is 23.3 Å². The number of ether oxygens (including phenoxy) is 2. The van der Waals surface area contributed by atoms with Crippen molar-refractivity contribution in [3.05, 3.63) is 29.3 Å². The van der Waals surface area contributed by atoms with E-state index >= 15 is 0 Å². The van der Waals surface area contributed by atoms with Gasteiger partial charge in [-0.05, 0) is 44.9 Å². The van der Waals surface area contributed by atoms with Crippen LogP contribution >= 0.6 is 0 Å². The van der Waals surface area contributed by atoms with E-state index in [4.69, 9.17) is 15.2 Å². The number of esters is 1. The maximum atomic E-state index is 11.7. The van der Waals surface area contributed by atoms with Crippen molar-refractivity contribution in [2.45, 2.75) is 39.7 Å². The highest BCUT2D eigenvalue weighted by Gasteiger charge is 2.20. The molecule has 0 saturated heterocycles. The van der Waals surface area contributed by atoms with Crippen LogP contribution < -0.4 is 10.5 Å². The van der Waals surface area contributed by atoms with E-state index in [2.05, 4.69) is 0 Å². The van der Waals surface area contributed by atoms with Crippen molar-refractivity contribution in [3.8, 4) is 5.75 Å². The molecule has 0 saturated carbocycles. The number of hydrogen-bond acceptors (Lipinski definition) is 4. The third-order valence-corrected chi connectivity index (χ3v) is 2.82. The Bertz CT molecular complexity index is 418. The fraction of sp³-hybridized carbons (Fsp3) is 0.533. The van der Waals surface area contributed by atoms with E-state index in [1.54, 1.807) is 6.92 Å². The molecule has 0 spiro atoms. The number of hydrogen-bond donors (Lipinski definition) is 1. The first-order valence-electron chi connectivity index (χ1n) is 6.75. The van der Waals surface area contributed by atoms with Crippen LogP contribution in [0.2, 0.25) is 0 Å². The standard InChI is InChI=1S/C15H23NO3/c1-4-13(15(17)18-5-2)19-14-7-6-11(3)10-12(14)8-9-16/h6-7,10,13H,4-5,8-9,16H2,1-3H3. The second-order valence-corrected chi connectivity index (χ2v) is 4.42. The molecule has 1 aromatic rings. The van der Waals surface area contributed by atoms with E-state index in [1.807, 2.05) is 32.0 Å². The quantitative estimate of drug-likeness (QED) is 0.768. The van der Waals surface area contributed by atoms with Crippen molar-refractivity contribution >= 4 is 5.97 Å². The molecular formula is C15H23NO3. The molecule has 0 heterocycles. The molecule has 1 aromatic carbocycles. The van der Waals surface area contributed by atoms with Crippen LogP contribution in [0.4, 0.5) is 0 Å². The van der Waals surface area contributed by atoms with Crippen molar-refractivity contribution in [2.24, 2.45) is 5.73 Å². The Morgan fingerprint density at radius 3 is 2.68 bits per heavy atom. The van der Waals surface area contributed by atoms with Gasteiger partial charge < -0.3 is 15.2 Å². The summed E-state index contributed by atoms with van der Waals surface area (Å²) < 4.78 is 10.8. The molecular weight excluding hydrogens is 242 g/mol. The number of rotatable bonds is 7. The van der Waals surface area contributed by atoms with E-state index in [9.17, 15) is 4.79 Å². The first-order chi connectivity index (χ1) is 9.12. The van der Waals surface area contributed by atoms with Crippen LogP contribution in [0.5, 0.6) is 5.75 Å². The molecule has 4 nitrogen and oxygen atoms in total. The number of carbonyl (C=O) groups is 1. The summed E-state index contributed by atoms with van der Waals surface area (Å²) in [5, 5.41) is 0. The summed E-state index contributed by atoms with van der Waals surface area (Å²) in [6.07, 6.45) is 0.754. The molecule has 0 aliphatic heterocycles. The van der Waals surface area contributed by atoms with Crippen LogP contribution in [0.3, 0.4) is 0 Å². The minimum Gasteiger partial charge on any atom is -0.478 e. The second-order valence-electron chi connectivity index (χ2n) is 4.42.